The SMILES string of the molecule is CCS(=O)(=O)N1CCC[C@H](C(=O)NCc2ccccc2Cl)C1. The number of nitrogens with one attached hydrogen (secondary N) is 1. The molecule has 122 valence electrons. The fourth-order valence-corrected chi connectivity index (χ4v) is 3.94. The van der Waals surface area contributed by atoms with E-state index in [2.05, 4.69) is 5.32 Å². The molecule has 0 bridgehead atoms. The molecular weight excluding hydrogens is 324 g/mol. The molecule has 0 aliphatic carbocycles. The molecule has 0 saturated carbocycles. The third kappa shape index (κ3) is 4.21. The van der Waals surface area contributed by atoms with Gasteiger partial charge in [-0.2, -0.15) is 0 Å². The third-order valence-electron chi connectivity index (χ3n) is 3.92. The number of benzene rings is 1. The van der Waals surface area contributed by atoms with E-state index in [0.717, 1.165) is 5.56 Å². The van der Waals surface area contributed by atoms with Crippen molar-refractivity contribution in [3.8, 4) is 0 Å². The fraction of sp³-hybridized carbons (Fsp3) is 0.533. The minimum absolute atomic E-state index is 0.0704. The Morgan fingerprint density at radius 1 is 1.41 bits per heavy atom. The second-order valence-corrected chi connectivity index (χ2v) is 8.07. The molecular formula is C15H21ClN2O3S. The summed E-state index contributed by atoms with van der Waals surface area (Å²) in [6.07, 6.45) is 1.42. The molecule has 22 heavy (non-hydrogen) atoms. The molecule has 0 aromatic heterocycles. The van der Waals surface area contributed by atoms with Crippen LogP contribution in [0.2, 0.25) is 5.02 Å². The molecule has 2 rings (SSSR count). The van der Waals surface area contributed by atoms with Crippen LogP contribution in [0.15, 0.2) is 24.3 Å². The van der Waals surface area contributed by atoms with Gasteiger partial charge in [-0.1, -0.05) is 29.8 Å². The van der Waals surface area contributed by atoms with E-state index in [0.29, 0.717) is 31.0 Å². The maximum Gasteiger partial charge on any atom is 0.224 e. The molecule has 1 aliphatic rings. The van der Waals surface area contributed by atoms with Crippen LogP contribution in [0, 0.1) is 5.92 Å². The molecule has 1 saturated heterocycles. The van der Waals surface area contributed by atoms with Gasteiger partial charge in [0.15, 0.2) is 0 Å². The van der Waals surface area contributed by atoms with Gasteiger partial charge in [-0.3, -0.25) is 4.79 Å². The van der Waals surface area contributed by atoms with Gasteiger partial charge in [0.25, 0.3) is 0 Å². The summed E-state index contributed by atoms with van der Waals surface area (Å²) in [6, 6.07) is 7.34. The van der Waals surface area contributed by atoms with Crippen molar-refractivity contribution in [2.45, 2.75) is 26.3 Å². The summed E-state index contributed by atoms with van der Waals surface area (Å²) in [5.74, 6) is -0.338. The topological polar surface area (TPSA) is 66.5 Å². The van der Waals surface area contributed by atoms with Gasteiger partial charge in [0.1, 0.15) is 0 Å². The average Bonchev–Trinajstić information content (AvgIpc) is 2.54. The lowest BCUT2D eigenvalue weighted by Crippen LogP contribution is -2.45. The smallest absolute Gasteiger partial charge is 0.224 e. The predicted molar refractivity (Wildman–Crippen MR) is 87.1 cm³/mol. The van der Waals surface area contributed by atoms with Gasteiger partial charge in [-0.25, -0.2) is 12.7 Å². The number of sulfonamides is 1. The van der Waals surface area contributed by atoms with Gasteiger partial charge >= 0.3 is 0 Å². The molecule has 0 spiro atoms. The molecule has 1 fully saturated rings. The number of hydrogen-bond acceptors (Lipinski definition) is 3. The van der Waals surface area contributed by atoms with Crippen molar-refractivity contribution >= 4 is 27.5 Å². The zero-order valence-electron chi connectivity index (χ0n) is 12.6. The fourth-order valence-electron chi connectivity index (χ4n) is 2.56. The Bertz CT molecular complexity index is 633. The summed E-state index contributed by atoms with van der Waals surface area (Å²) in [7, 11) is -3.23. The van der Waals surface area contributed by atoms with E-state index in [9.17, 15) is 13.2 Å². The molecule has 5 nitrogen and oxygen atoms in total. The van der Waals surface area contributed by atoms with Crippen molar-refractivity contribution in [1.82, 2.24) is 9.62 Å². The van der Waals surface area contributed by atoms with Crippen LogP contribution in [0.1, 0.15) is 25.3 Å². The average molecular weight is 345 g/mol. The van der Waals surface area contributed by atoms with Crippen LogP contribution < -0.4 is 5.32 Å². The van der Waals surface area contributed by atoms with Gasteiger partial charge in [-0.15, -0.1) is 0 Å². The van der Waals surface area contributed by atoms with Gasteiger partial charge in [0, 0.05) is 24.7 Å². The summed E-state index contributed by atoms with van der Waals surface area (Å²) in [4.78, 5) is 12.3. The van der Waals surface area contributed by atoms with E-state index in [1.807, 2.05) is 18.2 Å². The number of nitrogens with zero attached hydrogens (tertiary/aromatic N) is 1. The van der Waals surface area contributed by atoms with E-state index >= 15 is 0 Å². The zero-order valence-corrected chi connectivity index (χ0v) is 14.2. The molecule has 1 aliphatic heterocycles. The first-order chi connectivity index (χ1) is 10.4. The first-order valence-corrected chi connectivity index (χ1v) is 9.41. The van der Waals surface area contributed by atoms with Gasteiger partial charge in [0.2, 0.25) is 15.9 Å². The van der Waals surface area contributed by atoms with Crippen LogP contribution in [-0.4, -0.2) is 37.5 Å². The lowest BCUT2D eigenvalue weighted by molar-refractivity contribution is -0.126. The van der Waals surface area contributed by atoms with Crippen LogP contribution in [0.4, 0.5) is 0 Å². The summed E-state index contributed by atoms with van der Waals surface area (Å²) in [5.41, 5.74) is 0.853. The number of carbonyl (C=O) groups is 1. The van der Waals surface area contributed by atoms with E-state index < -0.39 is 10.0 Å². The summed E-state index contributed by atoms with van der Waals surface area (Å²) in [6.45, 7) is 2.75. The molecule has 1 aromatic rings. The van der Waals surface area contributed by atoms with Gasteiger partial charge in [-0.05, 0) is 31.4 Å². The lowest BCUT2D eigenvalue weighted by atomic mass is 9.99. The van der Waals surface area contributed by atoms with Crippen LogP contribution in [0.3, 0.4) is 0 Å². The minimum atomic E-state index is -3.23. The number of piperidine rings is 1. The Morgan fingerprint density at radius 2 is 2.14 bits per heavy atom. The van der Waals surface area contributed by atoms with E-state index in [4.69, 9.17) is 11.6 Å². The Morgan fingerprint density at radius 3 is 2.82 bits per heavy atom. The monoisotopic (exact) mass is 344 g/mol. The van der Waals surface area contributed by atoms with Gasteiger partial charge < -0.3 is 5.32 Å². The molecule has 7 heteroatoms. The highest BCUT2D eigenvalue weighted by molar-refractivity contribution is 7.89. The summed E-state index contributed by atoms with van der Waals surface area (Å²) in [5, 5.41) is 3.47. The Kier molecular flexibility index (Phi) is 5.83. The molecule has 0 radical (unpaired) electrons. The van der Waals surface area contributed by atoms with Crippen LogP contribution >= 0.6 is 11.6 Å². The maximum absolute atomic E-state index is 12.3. The Balaban J connectivity index is 1.94. The molecule has 1 atom stereocenters. The molecule has 1 N–H and O–H groups in total. The number of hydrogen-bond donors (Lipinski definition) is 1. The van der Waals surface area contributed by atoms with E-state index in [-0.39, 0.29) is 24.1 Å². The molecule has 1 aromatic carbocycles. The van der Waals surface area contributed by atoms with E-state index in [1.54, 1.807) is 13.0 Å². The minimum Gasteiger partial charge on any atom is -0.352 e. The van der Waals surface area contributed by atoms with Crippen molar-refractivity contribution in [2.75, 3.05) is 18.8 Å². The van der Waals surface area contributed by atoms with Crippen LogP contribution in [0.5, 0.6) is 0 Å². The zero-order chi connectivity index (χ0) is 16.2. The number of rotatable bonds is 5. The molecule has 1 amide bonds. The van der Waals surface area contributed by atoms with Crippen molar-refractivity contribution in [3.05, 3.63) is 34.9 Å². The van der Waals surface area contributed by atoms with Crippen molar-refractivity contribution in [1.29, 1.82) is 0 Å². The Labute approximate surface area is 136 Å². The van der Waals surface area contributed by atoms with Gasteiger partial charge in [0.05, 0.1) is 11.7 Å². The van der Waals surface area contributed by atoms with Crippen LogP contribution in [0.25, 0.3) is 0 Å². The van der Waals surface area contributed by atoms with Crippen molar-refractivity contribution in [2.24, 2.45) is 5.92 Å². The highest BCUT2D eigenvalue weighted by Crippen LogP contribution is 2.20. The maximum atomic E-state index is 12.3. The second-order valence-electron chi connectivity index (χ2n) is 5.41. The quantitative estimate of drug-likeness (QED) is 0.888. The third-order valence-corrected chi connectivity index (χ3v) is 6.14. The summed E-state index contributed by atoms with van der Waals surface area (Å²) < 4.78 is 25.3. The number of carbonyl (C=O) groups excluding carboxylic acids is 1. The standard InChI is InChI=1S/C15H21ClN2O3S/c1-2-22(20,21)18-9-5-7-13(11-18)15(19)17-10-12-6-3-4-8-14(12)16/h3-4,6,8,13H,2,5,7,9-11H2,1H3,(H,17,19)/t13-/m0/s1. The van der Waals surface area contributed by atoms with E-state index in [1.165, 1.54) is 4.31 Å². The highest BCUT2D eigenvalue weighted by atomic mass is 35.5. The number of halogens is 1. The first-order valence-electron chi connectivity index (χ1n) is 7.43. The lowest BCUT2D eigenvalue weighted by Gasteiger charge is -2.30. The van der Waals surface area contributed by atoms with Crippen molar-refractivity contribution in [3.63, 3.8) is 0 Å². The van der Waals surface area contributed by atoms with Crippen LogP contribution in [-0.2, 0) is 21.4 Å². The normalized spacial score (nSPS) is 19.8. The highest BCUT2D eigenvalue weighted by Gasteiger charge is 2.31. The predicted octanol–water partition coefficient (Wildman–Crippen LogP) is 2.02. The number of amides is 1. The second kappa shape index (κ2) is 7.44. The summed E-state index contributed by atoms with van der Waals surface area (Å²) >= 11 is 6.06. The molecule has 0 unspecified atom stereocenters. The molecule has 1 heterocycles. The largest absolute Gasteiger partial charge is 0.352 e. The Hall–Kier alpha value is -1.11. The first kappa shape index (κ1) is 17.2. The van der Waals surface area contributed by atoms with Crippen molar-refractivity contribution < 1.29 is 13.2 Å².